The predicted molar refractivity (Wildman–Crippen MR) is 51.3 cm³/mol. The summed E-state index contributed by atoms with van der Waals surface area (Å²) in [6, 6.07) is 0. The molecule has 0 atom stereocenters. The Bertz CT molecular complexity index is 583. The van der Waals surface area contributed by atoms with Crippen molar-refractivity contribution in [2.45, 2.75) is 24.9 Å². The van der Waals surface area contributed by atoms with Crippen molar-refractivity contribution in [2.75, 3.05) is 0 Å². The third-order valence-electron chi connectivity index (χ3n) is 2.68. The van der Waals surface area contributed by atoms with E-state index in [0.29, 0.717) is 10.5 Å². The summed E-state index contributed by atoms with van der Waals surface area (Å²) < 4.78 is 43.9. The number of rotatable bonds is 2. The van der Waals surface area contributed by atoms with Crippen molar-refractivity contribution in [1.29, 1.82) is 0 Å². The molecule has 0 aliphatic heterocycles. The Hall–Kier alpha value is -1.93. The Labute approximate surface area is 98.8 Å². The monoisotopic (exact) mass is 259 g/mol. The molecule has 0 unspecified atom stereocenters. The fraction of sp³-hybridized carbons (Fsp3) is 0.556. The lowest BCUT2D eigenvalue weighted by molar-refractivity contribution is -0.143. The van der Waals surface area contributed by atoms with Crippen LogP contribution in [0, 0.1) is 0 Å². The Balaban J connectivity index is 2.05. The minimum Gasteiger partial charge on any atom is -0.332 e. The number of halogens is 3. The van der Waals surface area contributed by atoms with E-state index in [9.17, 15) is 13.2 Å². The largest absolute Gasteiger partial charge is 0.435 e. The van der Waals surface area contributed by atoms with Crippen molar-refractivity contribution in [3.05, 3.63) is 11.5 Å². The molecule has 2 aromatic heterocycles. The van der Waals surface area contributed by atoms with Gasteiger partial charge in [-0.2, -0.15) is 18.2 Å². The van der Waals surface area contributed by atoms with Gasteiger partial charge in [-0.25, -0.2) is 4.68 Å². The molecule has 1 saturated carbocycles. The highest BCUT2D eigenvalue weighted by atomic mass is 19.4. The molecule has 2 aromatic rings. The molecule has 18 heavy (non-hydrogen) atoms. The van der Waals surface area contributed by atoms with Gasteiger partial charge in [0, 0.05) is 13.0 Å². The van der Waals surface area contributed by atoms with E-state index in [-0.39, 0.29) is 11.8 Å². The van der Waals surface area contributed by atoms with Gasteiger partial charge in [0.2, 0.25) is 0 Å². The second-order valence-electron chi connectivity index (χ2n) is 4.14. The van der Waals surface area contributed by atoms with Crippen LogP contribution in [0.15, 0.2) is 4.52 Å². The van der Waals surface area contributed by atoms with Crippen LogP contribution >= 0.6 is 0 Å². The first-order valence-corrected chi connectivity index (χ1v) is 5.27. The minimum atomic E-state index is -4.57. The molecule has 1 aliphatic carbocycles. The number of hydrogen-bond donors (Lipinski definition) is 0. The van der Waals surface area contributed by atoms with Gasteiger partial charge in [-0.15, -0.1) is 5.10 Å². The Morgan fingerprint density at radius 2 is 2.06 bits per heavy atom. The molecule has 1 fully saturated rings. The Morgan fingerprint density at radius 3 is 2.67 bits per heavy atom. The normalized spacial score (nSPS) is 16.2. The fourth-order valence-corrected chi connectivity index (χ4v) is 1.66. The van der Waals surface area contributed by atoms with Crippen molar-refractivity contribution in [1.82, 2.24) is 25.1 Å². The van der Waals surface area contributed by atoms with Gasteiger partial charge in [-0.1, -0.05) is 10.4 Å². The summed E-state index contributed by atoms with van der Waals surface area (Å²) in [7, 11) is 1.16. The van der Waals surface area contributed by atoms with E-state index in [2.05, 4.69) is 20.5 Å². The number of hydrogen-bond acceptors (Lipinski definition) is 5. The van der Waals surface area contributed by atoms with E-state index in [4.69, 9.17) is 4.52 Å². The van der Waals surface area contributed by atoms with Crippen molar-refractivity contribution in [3.63, 3.8) is 0 Å². The van der Waals surface area contributed by atoms with Gasteiger partial charge in [0.05, 0.1) is 0 Å². The summed E-state index contributed by atoms with van der Waals surface area (Å²) in [4.78, 5) is 3.94. The SMILES string of the molecule is Cn1nnc(-c2nc(C3CC3)no2)c1C(F)(F)F. The molecule has 9 heteroatoms. The summed E-state index contributed by atoms with van der Waals surface area (Å²) in [6.45, 7) is 0. The topological polar surface area (TPSA) is 69.6 Å². The Kier molecular flexibility index (Phi) is 2.19. The number of aryl methyl sites for hydroxylation is 1. The van der Waals surface area contributed by atoms with Gasteiger partial charge < -0.3 is 4.52 Å². The lowest BCUT2D eigenvalue weighted by Crippen LogP contribution is -2.13. The van der Waals surface area contributed by atoms with Gasteiger partial charge in [-0.3, -0.25) is 0 Å². The molecule has 3 rings (SSSR count). The van der Waals surface area contributed by atoms with Crippen molar-refractivity contribution in [2.24, 2.45) is 7.05 Å². The molecule has 96 valence electrons. The van der Waals surface area contributed by atoms with Crippen LogP contribution < -0.4 is 0 Å². The first kappa shape index (κ1) is 11.2. The zero-order valence-electron chi connectivity index (χ0n) is 9.27. The maximum absolute atomic E-state index is 12.8. The minimum absolute atomic E-state index is 0.202. The molecule has 1 aliphatic rings. The highest BCUT2D eigenvalue weighted by Gasteiger charge is 2.41. The van der Waals surface area contributed by atoms with Gasteiger partial charge in [0.25, 0.3) is 5.89 Å². The fourth-order valence-electron chi connectivity index (χ4n) is 1.66. The molecule has 0 bridgehead atoms. The molecule has 0 saturated heterocycles. The highest BCUT2D eigenvalue weighted by molar-refractivity contribution is 5.50. The van der Waals surface area contributed by atoms with Gasteiger partial charge in [-0.05, 0) is 12.8 Å². The average Bonchev–Trinajstić information content (AvgIpc) is 2.86. The summed E-state index contributed by atoms with van der Waals surface area (Å²) >= 11 is 0. The molecule has 2 heterocycles. The second-order valence-corrected chi connectivity index (χ2v) is 4.14. The van der Waals surface area contributed by atoms with Crippen molar-refractivity contribution in [3.8, 4) is 11.6 Å². The van der Waals surface area contributed by atoms with Gasteiger partial charge in [0.15, 0.2) is 17.2 Å². The molecule has 0 spiro atoms. The lowest BCUT2D eigenvalue weighted by atomic mass is 10.3. The van der Waals surface area contributed by atoms with Crippen LogP contribution in [0.5, 0.6) is 0 Å². The van der Waals surface area contributed by atoms with E-state index in [1.54, 1.807) is 0 Å². The predicted octanol–water partition coefficient (Wildman–Crippen LogP) is 1.76. The zero-order valence-corrected chi connectivity index (χ0v) is 9.27. The smallest absolute Gasteiger partial charge is 0.332 e. The second kappa shape index (κ2) is 3.53. The first-order valence-electron chi connectivity index (χ1n) is 5.27. The molecule has 0 aromatic carbocycles. The van der Waals surface area contributed by atoms with Gasteiger partial charge in [0.1, 0.15) is 0 Å². The standard InChI is InChI=1S/C9H8F3N5O/c1-17-6(9(10,11)12)5(14-16-17)8-13-7(15-18-8)4-2-3-4/h4H,2-3H2,1H3. The summed E-state index contributed by atoms with van der Waals surface area (Å²) in [5.74, 6) is 0.398. The highest BCUT2D eigenvalue weighted by Crippen LogP contribution is 2.40. The van der Waals surface area contributed by atoms with E-state index >= 15 is 0 Å². The van der Waals surface area contributed by atoms with Crippen molar-refractivity contribution >= 4 is 0 Å². The molecule has 0 radical (unpaired) electrons. The molecule has 0 amide bonds. The molecular formula is C9H8F3N5O. The van der Waals surface area contributed by atoms with Crippen LogP contribution in [0.4, 0.5) is 13.2 Å². The van der Waals surface area contributed by atoms with E-state index in [1.165, 1.54) is 0 Å². The van der Waals surface area contributed by atoms with Crippen LogP contribution in [0.1, 0.15) is 30.3 Å². The molecular weight excluding hydrogens is 251 g/mol. The summed E-state index contributed by atoms with van der Waals surface area (Å²) in [5.41, 5.74) is -1.42. The first-order chi connectivity index (χ1) is 8.47. The number of nitrogens with zero attached hydrogens (tertiary/aromatic N) is 5. The quantitative estimate of drug-likeness (QED) is 0.821. The third kappa shape index (κ3) is 1.75. The third-order valence-corrected chi connectivity index (χ3v) is 2.68. The lowest BCUT2D eigenvalue weighted by Gasteiger charge is -2.05. The maximum atomic E-state index is 12.8. The Morgan fingerprint density at radius 1 is 1.33 bits per heavy atom. The summed E-state index contributed by atoms with van der Waals surface area (Å²) in [6.07, 6.45) is -2.70. The number of aromatic nitrogens is 5. The van der Waals surface area contributed by atoms with Crippen LogP contribution in [-0.2, 0) is 13.2 Å². The van der Waals surface area contributed by atoms with Crippen LogP contribution in [0.25, 0.3) is 11.6 Å². The summed E-state index contributed by atoms with van der Waals surface area (Å²) in [5, 5.41) is 10.4. The van der Waals surface area contributed by atoms with E-state index in [1.807, 2.05) is 0 Å². The average molecular weight is 259 g/mol. The van der Waals surface area contributed by atoms with Crippen LogP contribution in [0.3, 0.4) is 0 Å². The van der Waals surface area contributed by atoms with Crippen LogP contribution in [0.2, 0.25) is 0 Å². The van der Waals surface area contributed by atoms with E-state index < -0.39 is 17.6 Å². The molecule has 6 nitrogen and oxygen atoms in total. The van der Waals surface area contributed by atoms with E-state index in [0.717, 1.165) is 19.9 Å². The maximum Gasteiger partial charge on any atom is 0.435 e. The van der Waals surface area contributed by atoms with Crippen LogP contribution in [-0.4, -0.2) is 25.1 Å². The molecule has 0 N–H and O–H groups in total. The van der Waals surface area contributed by atoms with Crippen molar-refractivity contribution < 1.29 is 17.7 Å². The zero-order chi connectivity index (χ0) is 12.9. The number of alkyl halides is 3. The van der Waals surface area contributed by atoms with Gasteiger partial charge >= 0.3 is 6.18 Å².